The monoisotopic (exact) mass is 245 g/mol. The highest BCUT2D eigenvalue weighted by molar-refractivity contribution is 5.97. The highest BCUT2D eigenvalue weighted by Crippen LogP contribution is 2.30. The van der Waals surface area contributed by atoms with E-state index >= 15 is 0 Å². The molecule has 0 saturated heterocycles. The fourth-order valence-electron chi connectivity index (χ4n) is 1.76. The van der Waals surface area contributed by atoms with E-state index in [0.717, 1.165) is 12.0 Å². The maximum Gasteiger partial charge on any atom is 0.265 e. The number of likely N-dealkylation sites (N-methyl/N-ethyl adjacent to an activating group) is 1. The highest BCUT2D eigenvalue weighted by atomic mass is 16.5. The van der Waals surface area contributed by atoms with E-state index in [2.05, 4.69) is 5.32 Å². The van der Waals surface area contributed by atoms with Crippen LogP contribution in [0.2, 0.25) is 0 Å². The van der Waals surface area contributed by atoms with Crippen LogP contribution in [0.1, 0.15) is 12.5 Å². The van der Waals surface area contributed by atoms with Gasteiger partial charge in [0.25, 0.3) is 5.91 Å². The number of hydrogen-bond acceptors (Lipinski definition) is 4. The number of benzene rings is 1. The molecule has 0 fully saturated rings. The number of anilines is 1. The molecule has 5 nitrogen and oxygen atoms in total. The molecular formula is C13H15N3O2. The van der Waals surface area contributed by atoms with Crippen molar-refractivity contribution < 1.29 is 9.53 Å². The Balaban J connectivity index is 2.11. The minimum absolute atomic E-state index is 0.131. The van der Waals surface area contributed by atoms with Gasteiger partial charge in [-0.15, -0.1) is 0 Å². The number of fused-ring (bicyclic) bond motifs is 1. The lowest BCUT2D eigenvalue weighted by molar-refractivity contribution is -0.122. The number of carbonyl (C=O) groups is 1. The smallest absolute Gasteiger partial charge is 0.265 e. The van der Waals surface area contributed by atoms with E-state index in [1.54, 1.807) is 18.9 Å². The Hall–Kier alpha value is -2.22. The Kier molecular flexibility index (Phi) is 3.38. The first kappa shape index (κ1) is 12.2. The first-order valence-corrected chi connectivity index (χ1v) is 5.81. The quantitative estimate of drug-likeness (QED) is 0.645. The van der Waals surface area contributed by atoms with E-state index in [1.807, 2.05) is 24.4 Å². The molecule has 1 aliphatic heterocycles. The van der Waals surface area contributed by atoms with Crippen molar-refractivity contribution in [2.24, 2.45) is 0 Å². The summed E-state index contributed by atoms with van der Waals surface area (Å²) in [6.45, 7) is 2.37. The van der Waals surface area contributed by atoms with Crippen molar-refractivity contribution in [1.29, 1.82) is 5.26 Å². The van der Waals surface area contributed by atoms with Crippen LogP contribution in [0.5, 0.6) is 5.75 Å². The van der Waals surface area contributed by atoms with E-state index in [1.165, 1.54) is 0 Å². The molecule has 18 heavy (non-hydrogen) atoms. The molecule has 1 aromatic carbocycles. The number of hydrogen-bond donors (Lipinski definition) is 1. The van der Waals surface area contributed by atoms with Crippen LogP contribution >= 0.6 is 0 Å². The van der Waals surface area contributed by atoms with E-state index in [-0.39, 0.29) is 5.91 Å². The van der Waals surface area contributed by atoms with Gasteiger partial charge in [-0.1, -0.05) is 6.07 Å². The SMILES string of the molecule is CC1Oc2ccc(CCN(C)C#N)cc2NC1=O. The minimum atomic E-state index is -0.451. The predicted octanol–water partition coefficient (Wildman–Crippen LogP) is 1.36. The van der Waals surface area contributed by atoms with Gasteiger partial charge in [-0.05, 0) is 31.0 Å². The van der Waals surface area contributed by atoms with Crippen molar-refractivity contribution in [1.82, 2.24) is 4.90 Å². The van der Waals surface area contributed by atoms with Gasteiger partial charge in [0.15, 0.2) is 12.3 Å². The Bertz CT molecular complexity index is 507. The van der Waals surface area contributed by atoms with Gasteiger partial charge in [-0.25, -0.2) is 0 Å². The van der Waals surface area contributed by atoms with Gasteiger partial charge in [-0.2, -0.15) is 5.26 Å². The number of carbonyl (C=O) groups excluding carboxylic acids is 1. The van der Waals surface area contributed by atoms with Crippen LogP contribution in [0.3, 0.4) is 0 Å². The van der Waals surface area contributed by atoms with Crippen LogP contribution in [-0.2, 0) is 11.2 Å². The normalized spacial score (nSPS) is 17.2. The molecule has 1 unspecified atom stereocenters. The van der Waals surface area contributed by atoms with Gasteiger partial charge in [0.05, 0.1) is 5.69 Å². The molecule has 0 spiro atoms. The van der Waals surface area contributed by atoms with Crippen molar-refractivity contribution in [2.75, 3.05) is 18.9 Å². The van der Waals surface area contributed by atoms with Crippen LogP contribution in [0.15, 0.2) is 18.2 Å². The van der Waals surface area contributed by atoms with Crippen LogP contribution in [0, 0.1) is 11.5 Å². The van der Waals surface area contributed by atoms with E-state index < -0.39 is 6.10 Å². The third-order valence-electron chi connectivity index (χ3n) is 2.88. The molecule has 0 aliphatic carbocycles. The maximum absolute atomic E-state index is 11.5. The summed E-state index contributed by atoms with van der Waals surface area (Å²) >= 11 is 0. The topological polar surface area (TPSA) is 65.4 Å². The number of ether oxygens (including phenoxy) is 1. The fraction of sp³-hybridized carbons (Fsp3) is 0.385. The molecule has 1 N–H and O–H groups in total. The second-order valence-corrected chi connectivity index (χ2v) is 4.35. The molecule has 1 atom stereocenters. The summed E-state index contributed by atoms with van der Waals surface area (Å²) in [4.78, 5) is 13.1. The summed E-state index contributed by atoms with van der Waals surface area (Å²) in [5, 5.41) is 11.5. The zero-order valence-electron chi connectivity index (χ0n) is 10.4. The van der Waals surface area contributed by atoms with Gasteiger partial charge in [-0.3, -0.25) is 4.79 Å². The van der Waals surface area contributed by atoms with E-state index in [4.69, 9.17) is 10.00 Å². The second-order valence-electron chi connectivity index (χ2n) is 4.35. The molecule has 94 valence electrons. The van der Waals surface area contributed by atoms with Gasteiger partial charge in [0, 0.05) is 13.6 Å². The Morgan fingerprint density at radius 2 is 2.33 bits per heavy atom. The van der Waals surface area contributed by atoms with Gasteiger partial charge in [0.1, 0.15) is 5.75 Å². The van der Waals surface area contributed by atoms with Crippen LogP contribution in [0.4, 0.5) is 5.69 Å². The number of nitriles is 1. The minimum Gasteiger partial charge on any atom is -0.479 e. The Labute approximate surface area is 106 Å². The Morgan fingerprint density at radius 1 is 1.56 bits per heavy atom. The van der Waals surface area contributed by atoms with E-state index in [0.29, 0.717) is 18.0 Å². The lowest BCUT2D eigenvalue weighted by atomic mass is 10.1. The van der Waals surface area contributed by atoms with Crippen molar-refractivity contribution in [3.63, 3.8) is 0 Å². The summed E-state index contributed by atoms with van der Waals surface area (Å²) in [5.41, 5.74) is 1.77. The molecule has 1 aromatic rings. The number of amides is 1. The number of nitrogens with zero attached hydrogens (tertiary/aromatic N) is 2. The van der Waals surface area contributed by atoms with Crippen LogP contribution in [-0.4, -0.2) is 30.5 Å². The number of rotatable bonds is 3. The number of nitrogens with one attached hydrogen (secondary N) is 1. The van der Waals surface area contributed by atoms with Crippen LogP contribution < -0.4 is 10.1 Å². The lowest BCUT2D eigenvalue weighted by Gasteiger charge is -2.23. The second kappa shape index (κ2) is 4.96. The summed E-state index contributed by atoms with van der Waals surface area (Å²) in [6.07, 6.45) is 2.35. The van der Waals surface area contributed by atoms with Gasteiger partial charge in [0.2, 0.25) is 0 Å². The van der Waals surface area contributed by atoms with Crippen LogP contribution in [0.25, 0.3) is 0 Å². The fourth-order valence-corrected chi connectivity index (χ4v) is 1.76. The maximum atomic E-state index is 11.5. The summed E-state index contributed by atoms with van der Waals surface area (Å²) in [6, 6.07) is 5.70. The molecule has 0 aromatic heterocycles. The summed E-state index contributed by atoms with van der Waals surface area (Å²) < 4.78 is 5.47. The third-order valence-corrected chi connectivity index (χ3v) is 2.88. The molecule has 1 aliphatic rings. The molecule has 5 heteroatoms. The first-order chi connectivity index (χ1) is 8.60. The average Bonchev–Trinajstić information content (AvgIpc) is 2.37. The average molecular weight is 245 g/mol. The van der Waals surface area contributed by atoms with Crippen molar-refractivity contribution in [3.8, 4) is 11.9 Å². The molecule has 1 amide bonds. The van der Waals surface area contributed by atoms with Crippen molar-refractivity contribution in [2.45, 2.75) is 19.4 Å². The standard InChI is InChI=1S/C13H15N3O2/c1-9-13(17)15-11-7-10(3-4-12(11)18-9)5-6-16(2)8-14/h3-4,7,9H,5-6H2,1-2H3,(H,15,17). The van der Waals surface area contributed by atoms with Crippen molar-refractivity contribution >= 4 is 11.6 Å². The predicted molar refractivity (Wildman–Crippen MR) is 67.1 cm³/mol. The van der Waals surface area contributed by atoms with Gasteiger partial charge >= 0.3 is 0 Å². The summed E-state index contributed by atoms with van der Waals surface area (Å²) in [7, 11) is 1.74. The van der Waals surface area contributed by atoms with E-state index in [9.17, 15) is 4.79 Å². The molecule has 0 saturated carbocycles. The largest absolute Gasteiger partial charge is 0.479 e. The molecule has 0 radical (unpaired) electrons. The van der Waals surface area contributed by atoms with Crippen molar-refractivity contribution in [3.05, 3.63) is 23.8 Å². The zero-order valence-corrected chi connectivity index (χ0v) is 10.4. The zero-order chi connectivity index (χ0) is 13.1. The lowest BCUT2D eigenvalue weighted by Crippen LogP contribution is -2.34. The summed E-state index contributed by atoms with van der Waals surface area (Å²) in [5.74, 6) is 0.563. The van der Waals surface area contributed by atoms with Gasteiger partial charge < -0.3 is 15.0 Å². The molecule has 0 bridgehead atoms. The first-order valence-electron chi connectivity index (χ1n) is 5.81. The third kappa shape index (κ3) is 2.54. The molecule has 2 rings (SSSR count). The Morgan fingerprint density at radius 3 is 3.06 bits per heavy atom. The highest BCUT2D eigenvalue weighted by Gasteiger charge is 2.23. The molecule has 1 heterocycles. The molecular weight excluding hydrogens is 230 g/mol.